The van der Waals surface area contributed by atoms with Crippen molar-refractivity contribution in [2.24, 2.45) is 0 Å². The molecule has 0 radical (unpaired) electrons. The molecule has 0 aliphatic rings. The van der Waals surface area contributed by atoms with Crippen molar-refractivity contribution in [3.05, 3.63) is 29.3 Å². The molecule has 0 saturated heterocycles. The predicted octanol–water partition coefficient (Wildman–Crippen LogP) is 2.49. The van der Waals surface area contributed by atoms with Crippen LogP contribution in [0.2, 0.25) is 0 Å². The third kappa shape index (κ3) is 3.26. The first-order valence-electron chi connectivity index (χ1n) is 5.36. The molecular formula is C12H13F2NO3. The first kappa shape index (κ1) is 14.1. The van der Waals surface area contributed by atoms with E-state index in [2.05, 4.69) is 10.1 Å². The summed E-state index contributed by atoms with van der Waals surface area (Å²) >= 11 is 0. The van der Waals surface area contributed by atoms with Crippen LogP contribution >= 0.6 is 0 Å². The van der Waals surface area contributed by atoms with Gasteiger partial charge >= 0.3 is 5.97 Å². The van der Waals surface area contributed by atoms with Crippen LogP contribution in [0, 0.1) is 11.6 Å². The largest absolute Gasteiger partial charge is 0.465 e. The predicted molar refractivity (Wildman–Crippen MR) is 61.2 cm³/mol. The van der Waals surface area contributed by atoms with Crippen LogP contribution in [0.25, 0.3) is 0 Å². The fourth-order valence-corrected chi connectivity index (χ4v) is 1.35. The highest BCUT2D eigenvalue weighted by molar-refractivity contribution is 5.94. The van der Waals surface area contributed by atoms with Crippen molar-refractivity contribution in [3.63, 3.8) is 0 Å². The lowest BCUT2D eigenvalue weighted by Gasteiger charge is -2.08. The Hall–Kier alpha value is -1.98. The van der Waals surface area contributed by atoms with Crippen LogP contribution in [0.5, 0.6) is 0 Å². The molecule has 0 aromatic heterocycles. The SMILES string of the molecule is CCCC(=O)Nc1cc(C(=O)OC)c(F)cc1F. The highest BCUT2D eigenvalue weighted by Gasteiger charge is 2.17. The average Bonchev–Trinajstić information content (AvgIpc) is 2.32. The van der Waals surface area contributed by atoms with Gasteiger partial charge in [-0.05, 0) is 12.5 Å². The van der Waals surface area contributed by atoms with Crippen molar-refractivity contribution in [3.8, 4) is 0 Å². The summed E-state index contributed by atoms with van der Waals surface area (Å²) in [5, 5.41) is 2.27. The molecule has 0 spiro atoms. The number of esters is 1. The number of halogens is 2. The molecule has 4 nitrogen and oxygen atoms in total. The summed E-state index contributed by atoms with van der Waals surface area (Å²) in [4.78, 5) is 22.5. The number of rotatable bonds is 4. The maximum atomic E-state index is 13.4. The second-order valence-corrected chi connectivity index (χ2v) is 3.60. The average molecular weight is 257 g/mol. The molecule has 6 heteroatoms. The van der Waals surface area contributed by atoms with Crippen LogP contribution in [-0.4, -0.2) is 19.0 Å². The number of hydrogen-bond acceptors (Lipinski definition) is 3. The number of benzene rings is 1. The van der Waals surface area contributed by atoms with E-state index in [9.17, 15) is 18.4 Å². The van der Waals surface area contributed by atoms with Crippen LogP contribution in [0.4, 0.5) is 14.5 Å². The number of ether oxygens (including phenoxy) is 1. The van der Waals surface area contributed by atoms with Crippen molar-refractivity contribution in [1.82, 2.24) is 0 Å². The van der Waals surface area contributed by atoms with Gasteiger partial charge in [0.2, 0.25) is 5.91 Å². The van der Waals surface area contributed by atoms with Crippen LogP contribution in [0.15, 0.2) is 12.1 Å². The van der Waals surface area contributed by atoms with E-state index in [1.807, 2.05) is 0 Å². The number of methoxy groups -OCH3 is 1. The summed E-state index contributed by atoms with van der Waals surface area (Å²) in [7, 11) is 1.08. The minimum absolute atomic E-state index is 0.213. The van der Waals surface area contributed by atoms with Crippen LogP contribution in [0.3, 0.4) is 0 Å². The Kier molecular flexibility index (Phi) is 4.76. The van der Waals surface area contributed by atoms with Gasteiger partial charge in [0.15, 0.2) is 0 Å². The Labute approximate surface area is 103 Å². The highest BCUT2D eigenvalue weighted by atomic mass is 19.1. The molecule has 0 heterocycles. The highest BCUT2D eigenvalue weighted by Crippen LogP contribution is 2.20. The summed E-state index contributed by atoms with van der Waals surface area (Å²) in [5.74, 6) is -3.31. The van der Waals surface area contributed by atoms with E-state index < -0.39 is 29.1 Å². The van der Waals surface area contributed by atoms with Crippen molar-refractivity contribution >= 4 is 17.6 Å². The summed E-state index contributed by atoms with van der Waals surface area (Å²) in [5.41, 5.74) is -0.666. The number of nitrogens with one attached hydrogen (secondary N) is 1. The number of hydrogen-bond donors (Lipinski definition) is 1. The van der Waals surface area contributed by atoms with Crippen molar-refractivity contribution in [2.75, 3.05) is 12.4 Å². The molecule has 0 saturated carbocycles. The number of carbonyl (C=O) groups excluding carboxylic acids is 2. The molecule has 0 bridgehead atoms. The molecule has 1 N–H and O–H groups in total. The lowest BCUT2D eigenvalue weighted by Crippen LogP contribution is -2.14. The Morgan fingerprint density at radius 2 is 1.94 bits per heavy atom. The van der Waals surface area contributed by atoms with E-state index in [-0.39, 0.29) is 12.1 Å². The van der Waals surface area contributed by atoms with Crippen LogP contribution in [0.1, 0.15) is 30.1 Å². The molecule has 98 valence electrons. The van der Waals surface area contributed by atoms with E-state index in [4.69, 9.17) is 0 Å². The van der Waals surface area contributed by atoms with Gasteiger partial charge in [0.1, 0.15) is 11.6 Å². The Morgan fingerprint density at radius 1 is 1.28 bits per heavy atom. The second kappa shape index (κ2) is 6.09. The maximum absolute atomic E-state index is 13.4. The zero-order valence-electron chi connectivity index (χ0n) is 10.0. The molecule has 0 atom stereocenters. The lowest BCUT2D eigenvalue weighted by molar-refractivity contribution is -0.116. The maximum Gasteiger partial charge on any atom is 0.340 e. The normalized spacial score (nSPS) is 10.0. The Bertz CT molecular complexity index is 475. The minimum Gasteiger partial charge on any atom is -0.465 e. The third-order valence-electron chi connectivity index (χ3n) is 2.21. The smallest absolute Gasteiger partial charge is 0.340 e. The molecule has 0 fully saturated rings. The topological polar surface area (TPSA) is 55.4 Å². The molecule has 1 aromatic carbocycles. The Morgan fingerprint density at radius 3 is 2.50 bits per heavy atom. The van der Waals surface area contributed by atoms with Gasteiger partial charge < -0.3 is 10.1 Å². The summed E-state index contributed by atoms with van der Waals surface area (Å²) in [6, 6.07) is 1.46. The van der Waals surface area contributed by atoms with E-state index >= 15 is 0 Å². The van der Waals surface area contributed by atoms with Gasteiger partial charge in [0.25, 0.3) is 0 Å². The molecular weight excluding hydrogens is 244 g/mol. The number of carbonyl (C=O) groups is 2. The minimum atomic E-state index is -1.03. The van der Waals surface area contributed by atoms with Gasteiger partial charge in [-0.2, -0.15) is 0 Å². The molecule has 1 aromatic rings. The fourth-order valence-electron chi connectivity index (χ4n) is 1.35. The van der Waals surface area contributed by atoms with Crippen molar-refractivity contribution in [2.45, 2.75) is 19.8 Å². The summed E-state index contributed by atoms with van der Waals surface area (Å²) < 4.78 is 31.0. The molecule has 1 amide bonds. The molecule has 0 unspecified atom stereocenters. The first-order valence-corrected chi connectivity index (χ1v) is 5.36. The van der Waals surface area contributed by atoms with Crippen LogP contribution in [-0.2, 0) is 9.53 Å². The van der Waals surface area contributed by atoms with E-state index in [1.165, 1.54) is 0 Å². The van der Waals surface area contributed by atoms with Crippen LogP contribution < -0.4 is 5.32 Å². The zero-order chi connectivity index (χ0) is 13.7. The number of amides is 1. The van der Waals surface area contributed by atoms with E-state index in [1.54, 1.807) is 6.92 Å². The van der Waals surface area contributed by atoms with Gasteiger partial charge in [0, 0.05) is 12.5 Å². The summed E-state index contributed by atoms with van der Waals surface area (Å²) in [6.07, 6.45) is 0.808. The monoisotopic (exact) mass is 257 g/mol. The van der Waals surface area contributed by atoms with E-state index in [0.29, 0.717) is 12.5 Å². The standard InChI is InChI=1S/C12H13F2NO3/c1-3-4-11(16)15-10-5-7(12(17)18-2)8(13)6-9(10)14/h5-6H,3-4H2,1-2H3,(H,15,16). The lowest BCUT2D eigenvalue weighted by atomic mass is 10.1. The molecule has 0 aliphatic heterocycles. The molecule has 18 heavy (non-hydrogen) atoms. The molecule has 0 aliphatic carbocycles. The Balaban J connectivity index is 3.05. The van der Waals surface area contributed by atoms with Crippen molar-refractivity contribution in [1.29, 1.82) is 0 Å². The number of anilines is 1. The van der Waals surface area contributed by atoms with Crippen molar-refractivity contribution < 1.29 is 23.1 Å². The fraction of sp³-hybridized carbons (Fsp3) is 0.333. The quantitative estimate of drug-likeness (QED) is 0.843. The van der Waals surface area contributed by atoms with Gasteiger partial charge in [-0.25, -0.2) is 13.6 Å². The van der Waals surface area contributed by atoms with Gasteiger partial charge in [-0.15, -0.1) is 0 Å². The van der Waals surface area contributed by atoms with Gasteiger partial charge in [-0.3, -0.25) is 4.79 Å². The molecule has 1 rings (SSSR count). The second-order valence-electron chi connectivity index (χ2n) is 3.60. The van der Waals surface area contributed by atoms with E-state index in [0.717, 1.165) is 13.2 Å². The zero-order valence-corrected chi connectivity index (χ0v) is 10.0. The first-order chi connectivity index (χ1) is 8.49. The van der Waals surface area contributed by atoms with Gasteiger partial charge in [-0.1, -0.05) is 6.92 Å². The summed E-state index contributed by atoms with van der Waals surface area (Å²) in [6.45, 7) is 1.79. The van der Waals surface area contributed by atoms with Gasteiger partial charge in [0.05, 0.1) is 18.4 Å². The third-order valence-corrected chi connectivity index (χ3v) is 2.21.